The van der Waals surface area contributed by atoms with E-state index in [2.05, 4.69) is 21.6 Å². The van der Waals surface area contributed by atoms with Crippen molar-refractivity contribution in [1.82, 2.24) is 5.32 Å². The van der Waals surface area contributed by atoms with Crippen molar-refractivity contribution < 1.29 is 19.1 Å². The van der Waals surface area contributed by atoms with E-state index in [1.807, 2.05) is 12.1 Å². The van der Waals surface area contributed by atoms with Crippen LogP contribution in [0.2, 0.25) is 0 Å². The molecule has 7 nitrogen and oxygen atoms in total. The number of nitrogens with zero attached hydrogens (tertiary/aromatic N) is 1. The lowest BCUT2D eigenvalue weighted by Crippen LogP contribution is -2.54. The molecule has 0 aromatic heterocycles. The van der Waals surface area contributed by atoms with Crippen LogP contribution in [0.1, 0.15) is 22.3 Å². The summed E-state index contributed by atoms with van der Waals surface area (Å²) in [5.41, 5.74) is 3.70. The van der Waals surface area contributed by atoms with Gasteiger partial charge in [-0.25, -0.2) is 0 Å². The van der Waals surface area contributed by atoms with Crippen molar-refractivity contribution in [3.63, 3.8) is 0 Å². The van der Waals surface area contributed by atoms with E-state index in [0.717, 1.165) is 36.4 Å². The van der Waals surface area contributed by atoms with E-state index >= 15 is 0 Å². The normalized spacial score (nSPS) is 18.6. The van der Waals surface area contributed by atoms with Crippen LogP contribution in [-0.4, -0.2) is 51.6 Å². The van der Waals surface area contributed by atoms with Crippen LogP contribution >= 0.6 is 0 Å². The highest BCUT2D eigenvalue weighted by Crippen LogP contribution is 2.30. The van der Waals surface area contributed by atoms with E-state index in [1.54, 1.807) is 32.4 Å². The molecule has 1 fully saturated rings. The maximum Gasteiger partial charge on any atom is 0.224 e. The molecule has 0 spiro atoms. The second kappa shape index (κ2) is 8.13. The van der Waals surface area contributed by atoms with Crippen molar-refractivity contribution in [1.29, 1.82) is 0 Å². The number of nitrogens with one attached hydrogen (secondary N) is 2. The third-order valence-corrected chi connectivity index (χ3v) is 5.51. The lowest BCUT2D eigenvalue weighted by molar-refractivity contribution is -0.116. The lowest BCUT2D eigenvalue weighted by Gasteiger charge is -2.35. The third kappa shape index (κ3) is 3.91. The second-order valence-electron chi connectivity index (χ2n) is 7.28. The summed E-state index contributed by atoms with van der Waals surface area (Å²) in [4.78, 5) is 26.9. The Labute approximate surface area is 170 Å². The molecule has 2 heterocycles. The molecule has 0 radical (unpaired) electrons. The van der Waals surface area contributed by atoms with Crippen LogP contribution in [0, 0.1) is 0 Å². The topological polar surface area (TPSA) is 79.9 Å². The fourth-order valence-electron chi connectivity index (χ4n) is 3.92. The largest absolute Gasteiger partial charge is 0.493 e. The highest BCUT2D eigenvalue weighted by atomic mass is 16.5. The summed E-state index contributed by atoms with van der Waals surface area (Å²) in [5.74, 6) is 1.24. The number of anilines is 2. The van der Waals surface area contributed by atoms with Crippen molar-refractivity contribution in [3.05, 3.63) is 47.5 Å². The molecule has 1 saturated heterocycles. The van der Waals surface area contributed by atoms with E-state index < -0.39 is 0 Å². The zero-order valence-corrected chi connectivity index (χ0v) is 16.7. The third-order valence-electron chi connectivity index (χ3n) is 5.51. The number of methoxy groups -OCH3 is 2. The summed E-state index contributed by atoms with van der Waals surface area (Å²) >= 11 is 0. The van der Waals surface area contributed by atoms with Gasteiger partial charge in [-0.2, -0.15) is 0 Å². The summed E-state index contributed by atoms with van der Waals surface area (Å²) in [6, 6.07) is 11.0. The van der Waals surface area contributed by atoms with Gasteiger partial charge >= 0.3 is 0 Å². The van der Waals surface area contributed by atoms with Gasteiger partial charge < -0.3 is 25.0 Å². The summed E-state index contributed by atoms with van der Waals surface area (Å²) in [6.45, 7) is 2.12. The Hall–Kier alpha value is -3.06. The molecule has 2 N–H and O–H groups in total. The molecule has 2 aliphatic heterocycles. The van der Waals surface area contributed by atoms with Gasteiger partial charge in [0.05, 0.1) is 20.3 Å². The van der Waals surface area contributed by atoms with Crippen LogP contribution in [0.4, 0.5) is 11.4 Å². The fraction of sp³-hybridized carbons (Fsp3) is 0.364. The number of benzene rings is 2. The maximum atomic E-state index is 13.1. The first-order chi connectivity index (χ1) is 14.1. The average Bonchev–Trinajstić information content (AvgIpc) is 2.77. The van der Waals surface area contributed by atoms with Gasteiger partial charge in [-0.3, -0.25) is 9.59 Å². The second-order valence-corrected chi connectivity index (χ2v) is 7.28. The molecule has 152 valence electrons. The summed E-state index contributed by atoms with van der Waals surface area (Å²) < 4.78 is 10.6. The van der Waals surface area contributed by atoms with E-state index in [0.29, 0.717) is 30.0 Å². The van der Waals surface area contributed by atoms with Crippen LogP contribution in [-0.2, 0) is 11.2 Å². The van der Waals surface area contributed by atoms with Crippen molar-refractivity contribution in [2.45, 2.75) is 18.9 Å². The maximum absolute atomic E-state index is 13.1. The molecular formula is C22H25N3O4. The van der Waals surface area contributed by atoms with Gasteiger partial charge in [-0.1, -0.05) is 0 Å². The van der Waals surface area contributed by atoms with Gasteiger partial charge in [0.25, 0.3) is 0 Å². The molecule has 4 rings (SSSR count). The molecule has 1 atom stereocenters. The Morgan fingerprint density at radius 1 is 1.07 bits per heavy atom. The van der Waals surface area contributed by atoms with Gasteiger partial charge in [-0.05, 0) is 48.4 Å². The van der Waals surface area contributed by atoms with Gasteiger partial charge in [0.2, 0.25) is 5.91 Å². The number of Topliss-reactive ketones (excluding diaryl/α,β-unsaturated/α-hetero) is 1. The number of hydrogen-bond donors (Lipinski definition) is 2. The monoisotopic (exact) mass is 395 g/mol. The van der Waals surface area contributed by atoms with Crippen molar-refractivity contribution >= 4 is 23.1 Å². The minimum atomic E-state index is -0.308. The van der Waals surface area contributed by atoms with Crippen molar-refractivity contribution in [3.8, 4) is 11.5 Å². The molecule has 29 heavy (non-hydrogen) atoms. The number of piperazine rings is 1. The first kappa shape index (κ1) is 19.3. The minimum absolute atomic E-state index is 0.0286. The van der Waals surface area contributed by atoms with Crippen molar-refractivity contribution in [2.24, 2.45) is 0 Å². The van der Waals surface area contributed by atoms with E-state index in [4.69, 9.17) is 9.47 Å². The predicted octanol–water partition coefficient (Wildman–Crippen LogP) is 2.25. The Balaban J connectivity index is 1.51. The minimum Gasteiger partial charge on any atom is -0.493 e. The number of carbonyl (C=O) groups excluding carboxylic acids is 2. The van der Waals surface area contributed by atoms with Crippen LogP contribution in [0.25, 0.3) is 0 Å². The Kier molecular flexibility index (Phi) is 5.40. The van der Waals surface area contributed by atoms with Crippen LogP contribution in [0.5, 0.6) is 11.5 Å². The molecule has 1 amide bonds. The Morgan fingerprint density at radius 3 is 2.69 bits per heavy atom. The number of aryl methyl sites for hydroxylation is 1. The number of carbonyl (C=O) groups is 2. The summed E-state index contributed by atoms with van der Waals surface area (Å²) in [5, 5.41) is 6.24. The number of fused-ring (bicyclic) bond motifs is 1. The molecule has 1 unspecified atom stereocenters. The lowest BCUT2D eigenvalue weighted by atomic mass is 9.99. The zero-order valence-electron chi connectivity index (χ0n) is 16.7. The Bertz CT molecular complexity index is 944. The highest BCUT2D eigenvalue weighted by molar-refractivity contribution is 6.01. The number of rotatable bonds is 5. The molecule has 2 aromatic rings. The number of amides is 1. The van der Waals surface area contributed by atoms with Gasteiger partial charge in [-0.15, -0.1) is 0 Å². The smallest absolute Gasteiger partial charge is 0.224 e. The first-order valence-corrected chi connectivity index (χ1v) is 9.76. The number of ether oxygens (including phenoxy) is 2. The standard InChI is InChI=1S/C22H25N3O4/c1-28-19-7-3-15(12-20(19)29-2)22(27)18-13-25(10-9-23-18)16-5-6-17-14(11-16)4-8-21(26)24-17/h3,5-7,11-12,18,23H,4,8-10,13H2,1-2H3,(H,24,26). The van der Waals surface area contributed by atoms with Gasteiger partial charge in [0.1, 0.15) is 0 Å². The SMILES string of the molecule is COc1ccc(C(=O)C2CN(c3ccc4c(c3)CCC(=O)N4)CCN2)cc1OC. The van der Waals surface area contributed by atoms with Crippen LogP contribution < -0.4 is 25.0 Å². The number of hydrogen-bond acceptors (Lipinski definition) is 6. The first-order valence-electron chi connectivity index (χ1n) is 9.76. The summed E-state index contributed by atoms with van der Waals surface area (Å²) in [7, 11) is 3.13. The highest BCUT2D eigenvalue weighted by Gasteiger charge is 2.27. The van der Waals surface area contributed by atoms with Crippen LogP contribution in [0.3, 0.4) is 0 Å². The summed E-state index contributed by atoms with van der Waals surface area (Å²) in [6.07, 6.45) is 1.26. The molecular weight excluding hydrogens is 370 g/mol. The quantitative estimate of drug-likeness (QED) is 0.756. The molecule has 0 aliphatic carbocycles. The van der Waals surface area contributed by atoms with Crippen LogP contribution in [0.15, 0.2) is 36.4 Å². The van der Waals surface area contributed by atoms with E-state index in [1.165, 1.54) is 0 Å². The fourth-order valence-corrected chi connectivity index (χ4v) is 3.92. The molecule has 2 aromatic carbocycles. The molecule has 2 aliphatic rings. The molecule has 0 saturated carbocycles. The average molecular weight is 395 g/mol. The van der Waals surface area contributed by atoms with Gasteiger partial charge in [0.15, 0.2) is 17.3 Å². The molecule has 0 bridgehead atoms. The van der Waals surface area contributed by atoms with E-state index in [-0.39, 0.29) is 17.7 Å². The Morgan fingerprint density at radius 2 is 1.90 bits per heavy atom. The van der Waals surface area contributed by atoms with E-state index in [9.17, 15) is 9.59 Å². The van der Waals surface area contributed by atoms with Crippen molar-refractivity contribution in [2.75, 3.05) is 44.1 Å². The predicted molar refractivity (Wildman–Crippen MR) is 111 cm³/mol. The number of ketones is 1. The zero-order chi connectivity index (χ0) is 20.4. The molecule has 7 heteroatoms. The van der Waals surface area contributed by atoms with Gasteiger partial charge in [0, 0.05) is 43.0 Å².